The third-order valence-corrected chi connectivity index (χ3v) is 5.56. The second-order valence-corrected chi connectivity index (χ2v) is 7.86. The number of nitrogens with one attached hydrogen (secondary N) is 3. The van der Waals surface area contributed by atoms with Gasteiger partial charge in [0.2, 0.25) is 0 Å². The fraction of sp³-hybridized carbons (Fsp3) is 0.500. The zero-order chi connectivity index (χ0) is 21.1. The first-order valence-corrected chi connectivity index (χ1v) is 11.0. The van der Waals surface area contributed by atoms with Gasteiger partial charge < -0.3 is 20.7 Å². The van der Waals surface area contributed by atoms with Crippen molar-refractivity contribution >= 4 is 29.9 Å². The minimum Gasteiger partial charge on any atom is -0.381 e. The highest BCUT2D eigenvalue weighted by molar-refractivity contribution is 14.0. The number of benzene rings is 1. The molecule has 0 spiro atoms. The van der Waals surface area contributed by atoms with Crippen molar-refractivity contribution in [3.05, 3.63) is 66.0 Å². The van der Waals surface area contributed by atoms with E-state index < -0.39 is 0 Å². The number of hydrogen-bond donors (Lipinski definition) is 3. The standard InChI is InChI=1S/C24H35N5O.HI/c1-3-25-23(27-16-12-22-11-7-8-15-26-22)28-19-24(13-17-30-18-14-24)29-20(2)21-9-5-4-6-10-21;/h4-11,15,20,29H,3,12-14,16-19H2,1-2H3,(H2,25,27,28);1H. The van der Waals surface area contributed by atoms with E-state index in [-0.39, 0.29) is 35.6 Å². The molecule has 0 aliphatic carbocycles. The van der Waals surface area contributed by atoms with Crippen LogP contribution in [0.4, 0.5) is 0 Å². The first kappa shape index (κ1) is 25.5. The van der Waals surface area contributed by atoms with E-state index in [1.54, 1.807) is 0 Å². The molecule has 1 aromatic heterocycles. The van der Waals surface area contributed by atoms with E-state index in [0.29, 0.717) is 6.54 Å². The van der Waals surface area contributed by atoms with Crippen LogP contribution in [0.25, 0.3) is 0 Å². The van der Waals surface area contributed by atoms with Crippen molar-refractivity contribution in [3.63, 3.8) is 0 Å². The third kappa shape index (κ3) is 8.38. The number of aromatic nitrogens is 1. The zero-order valence-corrected chi connectivity index (χ0v) is 21.0. The first-order valence-electron chi connectivity index (χ1n) is 11.0. The van der Waals surface area contributed by atoms with E-state index in [1.807, 2.05) is 18.3 Å². The number of halogens is 1. The molecule has 3 N–H and O–H groups in total. The van der Waals surface area contributed by atoms with Gasteiger partial charge in [0.1, 0.15) is 0 Å². The van der Waals surface area contributed by atoms with E-state index in [1.165, 1.54) is 5.56 Å². The molecule has 0 bridgehead atoms. The van der Waals surface area contributed by atoms with Crippen molar-refractivity contribution in [2.45, 2.75) is 44.7 Å². The Kier molecular flexibility index (Phi) is 11.2. The lowest BCUT2D eigenvalue weighted by Crippen LogP contribution is -2.53. The zero-order valence-electron chi connectivity index (χ0n) is 18.6. The number of aliphatic imine (C=N–C) groups is 1. The predicted octanol–water partition coefficient (Wildman–Crippen LogP) is 3.70. The van der Waals surface area contributed by atoms with E-state index >= 15 is 0 Å². The van der Waals surface area contributed by atoms with Gasteiger partial charge in [-0.25, -0.2) is 0 Å². The molecule has 7 heteroatoms. The maximum absolute atomic E-state index is 5.65. The van der Waals surface area contributed by atoms with E-state index in [2.05, 4.69) is 71.2 Å². The highest BCUT2D eigenvalue weighted by Crippen LogP contribution is 2.26. The maximum atomic E-state index is 5.65. The lowest BCUT2D eigenvalue weighted by molar-refractivity contribution is 0.0374. The topological polar surface area (TPSA) is 70.6 Å². The van der Waals surface area contributed by atoms with Gasteiger partial charge in [0.05, 0.1) is 6.54 Å². The monoisotopic (exact) mass is 537 g/mol. The lowest BCUT2D eigenvalue weighted by Gasteiger charge is -2.39. The van der Waals surface area contributed by atoms with Gasteiger partial charge in [0.25, 0.3) is 0 Å². The summed E-state index contributed by atoms with van der Waals surface area (Å²) in [6.45, 7) is 8.21. The summed E-state index contributed by atoms with van der Waals surface area (Å²) in [5.41, 5.74) is 2.32. The van der Waals surface area contributed by atoms with Crippen LogP contribution in [0.15, 0.2) is 59.7 Å². The minimum absolute atomic E-state index is 0. The number of hydrogen-bond acceptors (Lipinski definition) is 4. The number of pyridine rings is 1. The predicted molar refractivity (Wildman–Crippen MR) is 138 cm³/mol. The summed E-state index contributed by atoms with van der Waals surface area (Å²) < 4.78 is 5.65. The Balaban J connectivity index is 0.00000341. The minimum atomic E-state index is -0.0587. The highest BCUT2D eigenvalue weighted by Gasteiger charge is 2.34. The average Bonchev–Trinajstić information content (AvgIpc) is 2.79. The Labute approximate surface area is 203 Å². The van der Waals surface area contributed by atoms with Gasteiger partial charge in [-0.15, -0.1) is 24.0 Å². The Morgan fingerprint density at radius 1 is 1.10 bits per heavy atom. The molecule has 1 aliphatic heterocycles. The second kappa shape index (κ2) is 13.6. The van der Waals surface area contributed by atoms with Crippen molar-refractivity contribution in [3.8, 4) is 0 Å². The quantitative estimate of drug-likeness (QED) is 0.259. The van der Waals surface area contributed by atoms with E-state index in [0.717, 1.165) is 57.2 Å². The molecule has 1 aromatic carbocycles. The van der Waals surface area contributed by atoms with Crippen LogP contribution >= 0.6 is 24.0 Å². The molecule has 1 aliphatic rings. The summed E-state index contributed by atoms with van der Waals surface area (Å²) in [5, 5.41) is 10.7. The molecule has 3 rings (SSSR count). The van der Waals surface area contributed by atoms with Crippen LogP contribution in [0, 0.1) is 0 Å². The number of ether oxygens (including phenoxy) is 1. The van der Waals surface area contributed by atoms with Gasteiger partial charge in [-0.2, -0.15) is 0 Å². The second-order valence-electron chi connectivity index (χ2n) is 7.86. The number of rotatable bonds is 9. The van der Waals surface area contributed by atoms with Crippen LogP contribution in [0.3, 0.4) is 0 Å². The Morgan fingerprint density at radius 2 is 1.84 bits per heavy atom. The highest BCUT2D eigenvalue weighted by atomic mass is 127. The number of guanidine groups is 1. The molecular weight excluding hydrogens is 501 g/mol. The molecule has 170 valence electrons. The SMILES string of the molecule is CCNC(=NCC1(NC(C)c2ccccc2)CCOCC1)NCCc1ccccn1.I. The molecule has 1 saturated heterocycles. The van der Waals surface area contributed by atoms with Crippen molar-refractivity contribution in [2.24, 2.45) is 4.99 Å². The lowest BCUT2D eigenvalue weighted by atomic mass is 9.88. The Morgan fingerprint density at radius 3 is 2.52 bits per heavy atom. The fourth-order valence-electron chi connectivity index (χ4n) is 3.82. The van der Waals surface area contributed by atoms with Crippen LogP contribution in [-0.2, 0) is 11.2 Å². The molecular formula is C24H36IN5O. The van der Waals surface area contributed by atoms with Crippen molar-refractivity contribution in [1.82, 2.24) is 20.9 Å². The van der Waals surface area contributed by atoms with Crippen LogP contribution in [-0.4, -0.2) is 49.3 Å². The van der Waals surface area contributed by atoms with Gasteiger partial charge >= 0.3 is 0 Å². The Bertz CT molecular complexity index is 766. The van der Waals surface area contributed by atoms with Crippen LogP contribution in [0.1, 0.15) is 44.0 Å². The van der Waals surface area contributed by atoms with Crippen molar-refractivity contribution in [1.29, 1.82) is 0 Å². The molecule has 6 nitrogen and oxygen atoms in total. The molecule has 1 fully saturated rings. The summed E-state index contributed by atoms with van der Waals surface area (Å²) in [5.74, 6) is 0.855. The summed E-state index contributed by atoms with van der Waals surface area (Å²) in [6, 6.07) is 16.9. The van der Waals surface area contributed by atoms with Gasteiger partial charge in [-0.3, -0.25) is 9.98 Å². The molecule has 2 heterocycles. The average molecular weight is 537 g/mol. The molecule has 0 saturated carbocycles. The van der Waals surface area contributed by atoms with Crippen LogP contribution in [0.5, 0.6) is 0 Å². The summed E-state index contributed by atoms with van der Waals surface area (Å²) in [6.07, 6.45) is 4.62. The summed E-state index contributed by atoms with van der Waals surface area (Å²) in [4.78, 5) is 9.33. The Hall–Kier alpha value is -1.71. The maximum Gasteiger partial charge on any atom is 0.191 e. The summed E-state index contributed by atoms with van der Waals surface area (Å²) in [7, 11) is 0. The van der Waals surface area contributed by atoms with Gasteiger partial charge in [-0.05, 0) is 44.4 Å². The molecule has 0 amide bonds. The first-order chi connectivity index (χ1) is 14.7. The summed E-state index contributed by atoms with van der Waals surface area (Å²) >= 11 is 0. The third-order valence-electron chi connectivity index (χ3n) is 5.56. The molecule has 31 heavy (non-hydrogen) atoms. The van der Waals surface area contributed by atoms with Crippen LogP contribution < -0.4 is 16.0 Å². The van der Waals surface area contributed by atoms with Crippen molar-refractivity contribution < 1.29 is 4.74 Å². The normalized spacial score (nSPS) is 16.8. The fourth-order valence-corrected chi connectivity index (χ4v) is 3.82. The van der Waals surface area contributed by atoms with Gasteiger partial charge in [0, 0.05) is 56.2 Å². The van der Waals surface area contributed by atoms with Gasteiger partial charge in [-0.1, -0.05) is 36.4 Å². The van der Waals surface area contributed by atoms with E-state index in [9.17, 15) is 0 Å². The smallest absolute Gasteiger partial charge is 0.191 e. The number of nitrogens with zero attached hydrogens (tertiary/aromatic N) is 2. The van der Waals surface area contributed by atoms with Crippen molar-refractivity contribution in [2.75, 3.05) is 32.8 Å². The molecule has 1 atom stereocenters. The van der Waals surface area contributed by atoms with Gasteiger partial charge in [0.15, 0.2) is 5.96 Å². The molecule has 2 aromatic rings. The molecule has 1 unspecified atom stereocenters. The largest absolute Gasteiger partial charge is 0.381 e. The van der Waals surface area contributed by atoms with Crippen LogP contribution in [0.2, 0.25) is 0 Å². The van der Waals surface area contributed by atoms with E-state index in [4.69, 9.17) is 9.73 Å². The molecule has 0 radical (unpaired) electrons.